The zero-order valence-corrected chi connectivity index (χ0v) is 14.6. The molecule has 1 aliphatic heterocycles. The Kier molecular flexibility index (Phi) is 3.95. The van der Waals surface area contributed by atoms with Gasteiger partial charge in [-0.25, -0.2) is 8.42 Å². The van der Waals surface area contributed by atoms with E-state index in [1.807, 2.05) is 0 Å². The molecule has 0 saturated carbocycles. The van der Waals surface area contributed by atoms with E-state index in [2.05, 4.69) is 10.2 Å². The molecule has 2 aromatic rings. The summed E-state index contributed by atoms with van der Waals surface area (Å²) in [5, 5.41) is 17.3. The van der Waals surface area contributed by atoms with Crippen LogP contribution in [0.4, 0.5) is 0 Å². The van der Waals surface area contributed by atoms with Crippen LogP contribution in [-0.2, 0) is 27.9 Å². The molecule has 1 atom stereocenters. The molecule has 3 rings (SSSR count). The van der Waals surface area contributed by atoms with Crippen LogP contribution < -0.4 is 0 Å². The summed E-state index contributed by atoms with van der Waals surface area (Å²) in [7, 11) is -3.99. The minimum Gasteiger partial charge on any atom is -0.480 e. The Hall–Kier alpha value is -1.49. The first-order valence-corrected chi connectivity index (χ1v) is 9.24. The predicted molar refractivity (Wildman–Crippen MR) is 83.0 cm³/mol. The number of aryl methyl sites for hydroxylation is 2. The van der Waals surface area contributed by atoms with Crippen molar-refractivity contribution in [2.75, 3.05) is 0 Å². The van der Waals surface area contributed by atoms with Gasteiger partial charge in [-0.3, -0.25) is 4.79 Å². The van der Waals surface area contributed by atoms with E-state index in [1.54, 1.807) is 18.4 Å². The Bertz CT molecular complexity index is 870. The van der Waals surface area contributed by atoms with Crippen LogP contribution in [-0.4, -0.2) is 44.6 Å². The van der Waals surface area contributed by atoms with Crippen LogP contribution in [0.5, 0.6) is 0 Å². The molecule has 2 aromatic heterocycles. The second kappa shape index (κ2) is 5.55. The molecule has 1 aliphatic rings. The van der Waals surface area contributed by atoms with E-state index in [1.165, 1.54) is 6.07 Å². The van der Waals surface area contributed by atoms with Crippen molar-refractivity contribution in [3.8, 4) is 0 Å². The SMILES string of the molecule is Cc1cc(S(=O)(=O)N2Cc3nnc(C)n3CC2C(=O)O)sc1Cl. The number of fused-ring (bicyclic) bond motifs is 1. The summed E-state index contributed by atoms with van der Waals surface area (Å²) in [6, 6.07) is 0.231. The first kappa shape index (κ1) is 16.4. The lowest BCUT2D eigenvalue weighted by atomic mass is 10.2. The number of nitrogens with zero attached hydrogens (tertiary/aromatic N) is 4. The van der Waals surface area contributed by atoms with Gasteiger partial charge in [-0.2, -0.15) is 4.31 Å². The molecule has 8 nitrogen and oxygen atoms in total. The lowest BCUT2D eigenvalue weighted by molar-refractivity contribution is -0.142. The van der Waals surface area contributed by atoms with E-state index >= 15 is 0 Å². The third kappa shape index (κ3) is 2.65. The smallest absolute Gasteiger partial charge is 0.323 e. The van der Waals surface area contributed by atoms with Gasteiger partial charge in [0.05, 0.1) is 17.4 Å². The average molecular weight is 377 g/mol. The largest absolute Gasteiger partial charge is 0.480 e. The molecule has 0 spiro atoms. The molecule has 0 saturated heterocycles. The van der Waals surface area contributed by atoms with Crippen LogP contribution in [0.1, 0.15) is 17.2 Å². The number of sulfonamides is 1. The highest BCUT2D eigenvalue weighted by atomic mass is 35.5. The van der Waals surface area contributed by atoms with Gasteiger partial charge >= 0.3 is 5.97 Å². The first-order chi connectivity index (χ1) is 10.7. The van der Waals surface area contributed by atoms with Gasteiger partial charge < -0.3 is 9.67 Å². The zero-order valence-electron chi connectivity index (χ0n) is 12.2. The summed E-state index contributed by atoms with van der Waals surface area (Å²) in [4.78, 5) is 11.6. The minimum atomic E-state index is -3.99. The molecule has 0 amide bonds. The van der Waals surface area contributed by atoms with Crippen molar-refractivity contribution in [2.45, 2.75) is 37.2 Å². The first-order valence-electron chi connectivity index (χ1n) is 6.61. The molecule has 124 valence electrons. The van der Waals surface area contributed by atoms with Gasteiger partial charge in [0.2, 0.25) is 0 Å². The topological polar surface area (TPSA) is 105 Å². The second-order valence-electron chi connectivity index (χ2n) is 5.20. The maximum atomic E-state index is 12.8. The summed E-state index contributed by atoms with van der Waals surface area (Å²) in [6.45, 7) is 3.22. The van der Waals surface area contributed by atoms with Gasteiger partial charge in [-0.15, -0.1) is 21.5 Å². The number of aliphatic carboxylic acids is 1. The van der Waals surface area contributed by atoms with Crippen LogP contribution >= 0.6 is 22.9 Å². The van der Waals surface area contributed by atoms with E-state index in [9.17, 15) is 18.3 Å². The van der Waals surface area contributed by atoms with E-state index in [4.69, 9.17) is 11.6 Å². The number of hydrogen-bond acceptors (Lipinski definition) is 6. The number of carboxylic acid groups (broad SMARTS) is 1. The van der Waals surface area contributed by atoms with E-state index in [0.717, 1.165) is 15.6 Å². The molecular formula is C12H13ClN4O4S2. The van der Waals surface area contributed by atoms with Gasteiger partial charge in [-0.05, 0) is 25.5 Å². The summed E-state index contributed by atoms with van der Waals surface area (Å²) in [5.74, 6) is -0.243. The van der Waals surface area contributed by atoms with Gasteiger partial charge in [0, 0.05) is 0 Å². The average Bonchev–Trinajstić information content (AvgIpc) is 3.02. The summed E-state index contributed by atoms with van der Waals surface area (Å²) < 4.78 is 28.6. The van der Waals surface area contributed by atoms with Gasteiger partial charge in [-0.1, -0.05) is 11.6 Å². The van der Waals surface area contributed by atoms with Crippen molar-refractivity contribution in [2.24, 2.45) is 0 Å². The fourth-order valence-corrected chi connectivity index (χ4v) is 5.79. The van der Waals surface area contributed by atoms with Gasteiger partial charge in [0.25, 0.3) is 10.0 Å². The molecule has 3 heterocycles. The lowest BCUT2D eigenvalue weighted by Crippen LogP contribution is -2.50. The van der Waals surface area contributed by atoms with Crippen molar-refractivity contribution in [1.29, 1.82) is 0 Å². The van der Waals surface area contributed by atoms with Crippen LogP contribution in [0.2, 0.25) is 4.34 Å². The fourth-order valence-electron chi connectivity index (χ4n) is 2.42. The van der Waals surface area contributed by atoms with Gasteiger partial charge in [0.15, 0.2) is 0 Å². The number of hydrogen-bond donors (Lipinski definition) is 1. The molecule has 0 radical (unpaired) electrons. The molecule has 0 aliphatic carbocycles. The van der Waals surface area contributed by atoms with Crippen LogP contribution in [0, 0.1) is 13.8 Å². The number of halogens is 1. The Morgan fingerprint density at radius 3 is 2.70 bits per heavy atom. The van der Waals surface area contributed by atoms with Crippen molar-refractivity contribution in [1.82, 2.24) is 19.1 Å². The third-order valence-electron chi connectivity index (χ3n) is 3.70. The highest BCUT2D eigenvalue weighted by Crippen LogP contribution is 2.34. The van der Waals surface area contributed by atoms with Crippen LogP contribution in [0.25, 0.3) is 0 Å². The highest BCUT2D eigenvalue weighted by Gasteiger charge is 2.41. The maximum Gasteiger partial charge on any atom is 0.323 e. The summed E-state index contributed by atoms with van der Waals surface area (Å²) >= 11 is 6.87. The van der Waals surface area contributed by atoms with Gasteiger partial charge in [0.1, 0.15) is 21.9 Å². The van der Waals surface area contributed by atoms with Crippen molar-refractivity contribution in [3.63, 3.8) is 0 Å². The molecule has 1 unspecified atom stereocenters. The van der Waals surface area contributed by atoms with Crippen LogP contribution in [0.15, 0.2) is 10.3 Å². The second-order valence-corrected chi connectivity index (χ2v) is 8.97. The Morgan fingerprint density at radius 2 is 2.13 bits per heavy atom. The zero-order chi connectivity index (χ0) is 16.9. The van der Waals surface area contributed by atoms with Crippen molar-refractivity contribution < 1.29 is 18.3 Å². The number of carboxylic acids is 1. The Morgan fingerprint density at radius 1 is 1.43 bits per heavy atom. The molecule has 23 heavy (non-hydrogen) atoms. The number of aromatic nitrogens is 3. The molecule has 0 aromatic carbocycles. The van der Waals surface area contributed by atoms with E-state index in [0.29, 0.717) is 21.5 Å². The maximum absolute atomic E-state index is 12.8. The molecule has 0 fully saturated rings. The standard InChI is InChI=1S/C12H13ClN4O4S2/c1-6-3-10(22-11(6)13)23(20,21)17-5-9-15-14-7(2)16(9)4-8(17)12(18)19/h3,8H,4-5H2,1-2H3,(H,18,19). The quantitative estimate of drug-likeness (QED) is 0.864. The third-order valence-corrected chi connectivity index (χ3v) is 7.55. The molecule has 1 N–H and O–H groups in total. The normalized spacial score (nSPS) is 18.8. The van der Waals surface area contributed by atoms with E-state index in [-0.39, 0.29) is 17.3 Å². The molecule has 11 heteroatoms. The predicted octanol–water partition coefficient (Wildman–Crippen LogP) is 1.27. The Balaban J connectivity index is 2.07. The number of carbonyl (C=O) groups is 1. The number of rotatable bonds is 3. The highest BCUT2D eigenvalue weighted by molar-refractivity contribution is 7.91. The summed E-state index contributed by atoms with van der Waals surface area (Å²) in [6.07, 6.45) is 0. The van der Waals surface area contributed by atoms with Crippen LogP contribution in [0.3, 0.4) is 0 Å². The Labute approximate surface area is 141 Å². The van der Waals surface area contributed by atoms with E-state index < -0.39 is 22.0 Å². The monoisotopic (exact) mass is 376 g/mol. The molecular weight excluding hydrogens is 364 g/mol. The minimum absolute atomic E-state index is 0.0240. The van der Waals surface area contributed by atoms with Crippen molar-refractivity contribution in [3.05, 3.63) is 27.6 Å². The summed E-state index contributed by atoms with van der Waals surface area (Å²) in [5.41, 5.74) is 0.637. The fraction of sp³-hybridized carbons (Fsp3) is 0.417. The molecule has 0 bridgehead atoms. The van der Waals surface area contributed by atoms with Crippen molar-refractivity contribution >= 4 is 38.9 Å². The number of thiophene rings is 1. The lowest BCUT2D eigenvalue weighted by Gasteiger charge is -2.32.